The highest BCUT2D eigenvalue weighted by Gasteiger charge is 1.75. The molecule has 0 aromatic heterocycles. The summed E-state index contributed by atoms with van der Waals surface area (Å²) in [6.45, 7) is 6.44. The Morgan fingerprint density at radius 2 is 1.89 bits per heavy atom. The maximum absolute atomic E-state index is 2.23. The van der Waals surface area contributed by atoms with Crippen LogP contribution in [0.3, 0.4) is 0 Å². The van der Waals surface area contributed by atoms with Crippen molar-refractivity contribution in [3.05, 3.63) is 23.8 Å². The van der Waals surface area contributed by atoms with E-state index in [0.717, 1.165) is 12.8 Å². The summed E-state index contributed by atoms with van der Waals surface area (Å²) in [5.74, 6) is 0. The molecule has 0 heterocycles. The summed E-state index contributed by atoms with van der Waals surface area (Å²) in [5, 5.41) is 0. The van der Waals surface area contributed by atoms with Crippen LogP contribution in [-0.4, -0.2) is 0 Å². The average Bonchev–Trinajstić information content (AvgIpc) is 1.85. The van der Waals surface area contributed by atoms with Crippen LogP contribution in [0.15, 0.2) is 23.8 Å². The predicted molar refractivity (Wildman–Crippen MR) is 43.5 cm³/mol. The second-order valence-electron chi connectivity index (χ2n) is 2.17. The third-order valence-electron chi connectivity index (χ3n) is 1.14. The van der Waals surface area contributed by atoms with E-state index >= 15 is 0 Å². The number of rotatable bonds is 3. The fourth-order valence-corrected chi connectivity index (χ4v) is 0.694. The second kappa shape index (κ2) is 5.61. The van der Waals surface area contributed by atoms with Crippen molar-refractivity contribution < 1.29 is 0 Å². The van der Waals surface area contributed by atoms with Crippen LogP contribution in [-0.2, 0) is 0 Å². The first kappa shape index (κ1) is 8.48. The van der Waals surface area contributed by atoms with Crippen LogP contribution in [0.2, 0.25) is 0 Å². The molecule has 0 aliphatic heterocycles. The Bertz CT molecular complexity index is 107. The highest BCUT2D eigenvalue weighted by molar-refractivity contribution is 5.14. The minimum absolute atomic E-state index is 1.13. The summed E-state index contributed by atoms with van der Waals surface area (Å²) in [6.07, 6.45) is 8.85. The molecule has 0 amide bonds. The summed E-state index contributed by atoms with van der Waals surface area (Å²) in [4.78, 5) is 0. The van der Waals surface area contributed by atoms with Crippen molar-refractivity contribution in [1.82, 2.24) is 0 Å². The van der Waals surface area contributed by atoms with E-state index in [9.17, 15) is 0 Å². The van der Waals surface area contributed by atoms with E-state index in [1.807, 2.05) is 0 Å². The van der Waals surface area contributed by atoms with Gasteiger partial charge >= 0.3 is 0 Å². The Morgan fingerprint density at radius 3 is 2.33 bits per heavy atom. The van der Waals surface area contributed by atoms with Crippen molar-refractivity contribution in [2.24, 2.45) is 0 Å². The highest BCUT2D eigenvalue weighted by Crippen LogP contribution is 1.97. The van der Waals surface area contributed by atoms with Gasteiger partial charge in [0.15, 0.2) is 0 Å². The summed E-state index contributed by atoms with van der Waals surface area (Å²) < 4.78 is 0. The van der Waals surface area contributed by atoms with Gasteiger partial charge in [-0.1, -0.05) is 37.6 Å². The Balaban J connectivity index is 3.60. The molecule has 0 aliphatic carbocycles. The maximum atomic E-state index is 2.23. The van der Waals surface area contributed by atoms with Gasteiger partial charge in [0.2, 0.25) is 0 Å². The zero-order valence-corrected chi connectivity index (χ0v) is 6.65. The lowest BCUT2D eigenvalue weighted by Crippen LogP contribution is -1.66. The van der Waals surface area contributed by atoms with Crippen molar-refractivity contribution in [3.63, 3.8) is 0 Å². The minimum atomic E-state index is 1.13. The van der Waals surface area contributed by atoms with Crippen molar-refractivity contribution in [2.45, 2.75) is 33.6 Å². The first-order chi connectivity index (χ1) is 4.31. The van der Waals surface area contributed by atoms with Crippen LogP contribution in [0, 0.1) is 0 Å². The van der Waals surface area contributed by atoms with Gasteiger partial charge in [0.1, 0.15) is 0 Å². The molecular formula is C9H16. The Morgan fingerprint density at radius 1 is 1.22 bits per heavy atom. The fraction of sp³-hybridized carbons (Fsp3) is 0.556. The molecule has 0 atom stereocenters. The molecular weight excluding hydrogens is 108 g/mol. The molecule has 0 aromatic carbocycles. The number of allylic oxidation sites excluding steroid dienone is 4. The molecule has 9 heavy (non-hydrogen) atoms. The van der Waals surface area contributed by atoms with Gasteiger partial charge in [-0.15, -0.1) is 0 Å². The molecule has 0 fully saturated rings. The molecule has 0 radical (unpaired) electrons. The first-order valence-electron chi connectivity index (χ1n) is 3.64. The van der Waals surface area contributed by atoms with Gasteiger partial charge in [0.05, 0.1) is 0 Å². The summed E-state index contributed by atoms with van der Waals surface area (Å²) in [6, 6.07) is 0. The van der Waals surface area contributed by atoms with E-state index < -0.39 is 0 Å². The molecule has 0 saturated carbocycles. The molecule has 0 spiro atoms. The molecule has 52 valence electrons. The van der Waals surface area contributed by atoms with Gasteiger partial charge in [-0.2, -0.15) is 0 Å². The molecule has 0 rings (SSSR count). The van der Waals surface area contributed by atoms with Crippen LogP contribution in [0.25, 0.3) is 0 Å². The zero-order chi connectivity index (χ0) is 7.11. The van der Waals surface area contributed by atoms with E-state index in [-0.39, 0.29) is 0 Å². The SMILES string of the molecule is CC/C=C\C(C)=C/CC. The van der Waals surface area contributed by atoms with Gasteiger partial charge in [0.25, 0.3) is 0 Å². The predicted octanol–water partition coefficient (Wildman–Crippen LogP) is 3.31. The number of hydrogen-bond donors (Lipinski definition) is 0. The second-order valence-corrected chi connectivity index (χ2v) is 2.17. The molecule has 0 N–H and O–H groups in total. The molecule has 0 aromatic rings. The molecule has 0 heteroatoms. The Hall–Kier alpha value is -0.520. The van der Waals surface area contributed by atoms with E-state index in [1.54, 1.807) is 0 Å². The van der Waals surface area contributed by atoms with Crippen LogP contribution >= 0.6 is 0 Å². The zero-order valence-electron chi connectivity index (χ0n) is 6.65. The van der Waals surface area contributed by atoms with Crippen molar-refractivity contribution in [1.29, 1.82) is 0 Å². The lowest BCUT2D eigenvalue weighted by atomic mass is 10.2. The van der Waals surface area contributed by atoms with Crippen molar-refractivity contribution >= 4 is 0 Å². The highest BCUT2D eigenvalue weighted by atomic mass is 13.8. The summed E-state index contributed by atoms with van der Waals surface area (Å²) >= 11 is 0. The standard InChI is InChI=1S/C9H16/c1-4-6-8-9(3)7-5-2/h6-8H,4-5H2,1-3H3/b8-6-,9-7-. The van der Waals surface area contributed by atoms with Crippen LogP contribution in [0.5, 0.6) is 0 Å². The third kappa shape index (κ3) is 5.35. The van der Waals surface area contributed by atoms with Gasteiger partial charge in [-0.3, -0.25) is 0 Å². The monoisotopic (exact) mass is 124 g/mol. The third-order valence-corrected chi connectivity index (χ3v) is 1.14. The Labute approximate surface area is 58.3 Å². The lowest BCUT2D eigenvalue weighted by Gasteiger charge is -1.87. The van der Waals surface area contributed by atoms with Crippen LogP contribution < -0.4 is 0 Å². The summed E-state index contributed by atoms with van der Waals surface area (Å²) in [7, 11) is 0. The first-order valence-corrected chi connectivity index (χ1v) is 3.64. The van der Waals surface area contributed by atoms with Gasteiger partial charge in [-0.05, 0) is 19.8 Å². The quantitative estimate of drug-likeness (QED) is 0.506. The lowest BCUT2D eigenvalue weighted by molar-refractivity contribution is 1.18. The topological polar surface area (TPSA) is 0 Å². The van der Waals surface area contributed by atoms with Gasteiger partial charge in [0, 0.05) is 0 Å². The summed E-state index contributed by atoms with van der Waals surface area (Å²) in [5.41, 5.74) is 1.37. The smallest absolute Gasteiger partial charge is 0.0374 e. The molecule has 0 saturated heterocycles. The molecule has 0 bridgehead atoms. The normalized spacial score (nSPS) is 13.0. The van der Waals surface area contributed by atoms with E-state index in [2.05, 4.69) is 39.0 Å². The van der Waals surface area contributed by atoms with Crippen molar-refractivity contribution in [2.75, 3.05) is 0 Å². The largest absolute Gasteiger partial charge is 0.0846 e. The van der Waals surface area contributed by atoms with Crippen LogP contribution in [0.4, 0.5) is 0 Å². The van der Waals surface area contributed by atoms with Gasteiger partial charge in [-0.25, -0.2) is 0 Å². The van der Waals surface area contributed by atoms with E-state index in [0.29, 0.717) is 0 Å². The van der Waals surface area contributed by atoms with E-state index in [4.69, 9.17) is 0 Å². The Kier molecular flexibility index (Phi) is 5.29. The fourth-order valence-electron chi connectivity index (χ4n) is 0.694. The maximum Gasteiger partial charge on any atom is -0.0374 e. The number of hydrogen-bond acceptors (Lipinski definition) is 0. The van der Waals surface area contributed by atoms with Gasteiger partial charge < -0.3 is 0 Å². The van der Waals surface area contributed by atoms with Crippen LogP contribution in [0.1, 0.15) is 33.6 Å². The van der Waals surface area contributed by atoms with Crippen molar-refractivity contribution in [3.8, 4) is 0 Å². The van der Waals surface area contributed by atoms with E-state index in [1.165, 1.54) is 5.57 Å². The average molecular weight is 124 g/mol. The minimum Gasteiger partial charge on any atom is -0.0846 e. The molecule has 0 nitrogen and oxygen atoms in total. The molecule has 0 unspecified atom stereocenters. The molecule has 0 aliphatic rings.